The molecule has 1 N–H and O–H groups in total. The van der Waals surface area contributed by atoms with Gasteiger partial charge in [0.05, 0.1) is 14.7 Å². The highest BCUT2D eigenvalue weighted by Gasteiger charge is 2.57. The SMILES string of the molecule is CON=C1CC(CCC(=O)Nc2ncc(C)s2)C2C3CCc4c(cc(Br)c(OC(C)=O)c4Br)C3CCC12C. The lowest BCUT2D eigenvalue weighted by Gasteiger charge is -2.50. The molecule has 204 valence electrons. The Hall–Kier alpha value is -1.78. The Labute approximate surface area is 244 Å². The number of halogens is 2. The number of amides is 1. The van der Waals surface area contributed by atoms with Gasteiger partial charge in [-0.05, 0) is 118 Å². The van der Waals surface area contributed by atoms with Crippen molar-refractivity contribution >= 4 is 65.9 Å². The van der Waals surface area contributed by atoms with Gasteiger partial charge in [-0.15, -0.1) is 11.3 Å². The normalized spacial score (nSPS) is 28.8. The molecule has 0 spiro atoms. The molecule has 5 atom stereocenters. The van der Waals surface area contributed by atoms with E-state index in [1.165, 1.54) is 29.4 Å². The summed E-state index contributed by atoms with van der Waals surface area (Å²) in [6.45, 7) is 5.77. The van der Waals surface area contributed by atoms with Gasteiger partial charge in [0.1, 0.15) is 7.11 Å². The smallest absolute Gasteiger partial charge is 0.308 e. The van der Waals surface area contributed by atoms with Crippen molar-refractivity contribution in [3.8, 4) is 5.75 Å². The molecule has 38 heavy (non-hydrogen) atoms. The largest absolute Gasteiger partial charge is 0.424 e. The second-order valence-corrected chi connectivity index (χ2v) is 13.9. The van der Waals surface area contributed by atoms with Crippen molar-refractivity contribution in [3.05, 3.63) is 37.2 Å². The Kier molecular flexibility index (Phi) is 8.04. The zero-order chi connectivity index (χ0) is 27.2. The molecule has 0 radical (unpaired) electrons. The molecule has 0 bridgehead atoms. The van der Waals surface area contributed by atoms with Crippen LogP contribution in [0.15, 0.2) is 26.4 Å². The van der Waals surface area contributed by atoms with Gasteiger partial charge in [0.25, 0.3) is 0 Å². The molecule has 7 nitrogen and oxygen atoms in total. The predicted molar refractivity (Wildman–Crippen MR) is 156 cm³/mol. The first-order valence-corrected chi connectivity index (χ1v) is 15.5. The van der Waals surface area contributed by atoms with Crippen LogP contribution in [0, 0.1) is 30.1 Å². The Morgan fingerprint density at radius 3 is 2.79 bits per heavy atom. The number of anilines is 1. The fourth-order valence-corrected chi connectivity index (χ4v) is 9.57. The van der Waals surface area contributed by atoms with E-state index in [0.29, 0.717) is 41.0 Å². The third-order valence-electron chi connectivity index (χ3n) is 8.81. The molecule has 5 unspecified atom stereocenters. The molecule has 1 aromatic heterocycles. The number of carbonyl (C=O) groups excluding carboxylic acids is 2. The zero-order valence-corrected chi connectivity index (χ0v) is 26.1. The van der Waals surface area contributed by atoms with Gasteiger partial charge in [-0.1, -0.05) is 12.1 Å². The highest BCUT2D eigenvalue weighted by Crippen LogP contribution is 2.63. The molecule has 0 saturated heterocycles. The van der Waals surface area contributed by atoms with Crippen LogP contribution >= 0.6 is 43.2 Å². The molecule has 3 aliphatic carbocycles. The van der Waals surface area contributed by atoms with E-state index in [4.69, 9.17) is 9.57 Å². The summed E-state index contributed by atoms with van der Waals surface area (Å²) < 4.78 is 7.19. The molecule has 3 aliphatic rings. The summed E-state index contributed by atoms with van der Waals surface area (Å²) in [7, 11) is 1.63. The lowest BCUT2D eigenvalue weighted by molar-refractivity contribution is -0.132. The monoisotopic (exact) mass is 665 g/mol. The summed E-state index contributed by atoms with van der Waals surface area (Å²) in [4.78, 5) is 35.2. The number of nitrogens with one attached hydrogen (secondary N) is 1. The number of rotatable bonds is 6. The van der Waals surface area contributed by atoms with E-state index in [-0.39, 0.29) is 17.3 Å². The van der Waals surface area contributed by atoms with Crippen molar-refractivity contribution in [1.29, 1.82) is 0 Å². The highest BCUT2D eigenvalue weighted by atomic mass is 79.9. The number of carbonyl (C=O) groups is 2. The molecule has 0 aliphatic heterocycles. The summed E-state index contributed by atoms with van der Waals surface area (Å²) in [6, 6.07) is 2.16. The molecule has 5 rings (SSSR count). The van der Waals surface area contributed by atoms with Gasteiger partial charge in [-0.25, -0.2) is 4.98 Å². The standard InChI is InChI=1S/C28H33Br2N3O4S/c1-14-13-31-27(38-14)32-23(35)8-5-16-11-22(33-36-4)28(3)10-9-17-18(24(16)28)6-7-19-20(17)12-21(29)26(25(19)30)37-15(2)34/h12-13,16-18,24H,5-11H2,1-4H3,(H,31,32,35). The molecular formula is C28H33Br2N3O4S. The number of hydrogen-bond donors (Lipinski definition) is 1. The summed E-state index contributed by atoms with van der Waals surface area (Å²) >= 11 is 8.91. The number of aromatic nitrogens is 1. The number of nitrogens with zero attached hydrogens (tertiary/aromatic N) is 2. The minimum Gasteiger partial charge on any atom is -0.424 e. The second kappa shape index (κ2) is 11.0. The number of hydrogen-bond acceptors (Lipinski definition) is 7. The van der Waals surface area contributed by atoms with Crippen molar-refractivity contribution in [1.82, 2.24) is 4.98 Å². The lowest BCUT2D eigenvalue weighted by Crippen LogP contribution is -2.44. The van der Waals surface area contributed by atoms with Crippen LogP contribution in [-0.2, 0) is 20.8 Å². The average Bonchev–Trinajstić information content (AvgIpc) is 3.40. The maximum absolute atomic E-state index is 12.8. The van der Waals surface area contributed by atoms with E-state index in [1.54, 1.807) is 13.3 Å². The first kappa shape index (κ1) is 27.8. The lowest BCUT2D eigenvalue weighted by atomic mass is 9.54. The van der Waals surface area contributed by atoms with Crippen LogP contribution in [0.5, 0.6) is 5.75 Å². The fraction of sp³-hybridized carbons (Fsp3) is 0.571. The third-order valence-corrected chi connectivity index (χ3v) is 11.1. The topological polar surface area (TPSA) is 89.9 Å². The minimum atomic E-state index is -0.332. The van der Waals surface area contributed by atoms with Crippen molar-refractivity contribution in [2.75, 3.05) is 12.4 Å². The van der Waals surface area contributed by atoms with Crippen molar-refractivity contribution < 1.29 is 19.2 Å². The molecule has 2 fully saturated rings. The summed E-state index contributed by atoms with van der Waals surface area (Å²) in [5, 5.41) is 8.16. The van der Waals surface area contributed by atoms with Gasteiger partial charge in [0.15, 0.2) is 10.9 Å². The summed E-state index contributed by atoms with van der Waals surface area (Å²) in [5.74, 6) is 1.92. The van der Waals surface area contributed by atoms with Crippen molar-refractivity contribution in [3.63, 3.8) is 0 Å². The number of ether oxygens (including phenoxy) is 1. The maximum Gasteiger partial charge on any atom is 0.308 e. The number of aryl methyl sites for hydroxylation is 1. The van der Waals surface area contributed by atoms with E-state index in [0.717, 1.165) is 58.1 Å². The first-order chi connectivity index (χ1) is 18.1. The number of thiazole rings is 1. The van der Waals surface area contributed by atoms with Gasteiger partial charge in [-0.2, -0.15) is 0 Å². The van der Waals surface area contributed by atoms with Crippen LogP contribution in [0.25, 0.3) is 0 Å². The van der Waals surface area contributed by atoms with Gasteiger partial charge >= 0.3 is 5.97 Å². The quantitative estimate of drug-likeness (QED) is 0.197. The minimum absolute atomic E-state index is 0.0189. The Balaban J connectivity index is 1.41. The van der Waals surface area contributed by atoms with Gasteiger partial charge in [0.2, 0.25) is 5.91 Å². The zero-order valence-electron chi connectivity index (χ0n) is 22.1. The molecule has 1 amide bonds. The van der Waals surface area contributed by atoms with Crippen LogP contribution in [-0.4, -0.2) is 29.7 Å². The Morgan fingerprint density at radius 1 is 1.32 bits per heavy atom. The Morgan fingerprint density at radius 2 is 2.11 bits per heavy atom. The highest BCUT2D eigenvalue weighted by molar-refractivity contribution is 9.11. The van der Waals surface area contributed by atoms with Gasteiger partial charge < -0.3 is 14.9 Å². The molecule has 2 saturated carbocycles. The van der Waals surface area contributed by atoms with Crippen molar-refractivity contribution in [2.24, 2.45) is 28.3 Å². The van der Waals surface area contributed by atoms with Gasteiger partial charge in [-0.3, -0.25) is 9.59 Å². The molecule has 1 aromatic carbocycles. The van der Waals surface area contributed by atoms with Crippen LogP contribution < -0.4 is 10.1 Å². The second-order valence-electron chi connectivity index (χ2n) is 11.0. The number of benzene rings is 1. The van der Waals surface area contributed by atoms with E-state index in [1.807, 2.05) is 6.92 Å². The summed E-state index contributed by atoms with van der Waals surface area (Å²) in [6.07, 6.45) is 8.00. The fourth-order valence-electron chi connectivity index (χ4n) is 7.38. The first-order valence-electron chi connectivity index (χ1n) is 13.1. The van der Waals surface area contributed by atoms with E-state index < -0.39 is 0 Å². The van der Waals surface area contributed by atoms with E-state index in [2.05, 4.69) is 60.3 Å². The van der Waals surface area contributed by atoms with E-state index in [9.17, 15) is 9.59 Å². The van der Waals surface area contributed by atoms with Crippen LogP contribution in [0.4, 0.5) is 5.13 Å². The van der Waals surface area contributed by atoms with E-state index >= 15 is 0 Å². The molecule has 2 aromatic rings. The van der Waals surface area contributed by atoms with Crippen LogP contribution in [0.3, 0.4) is 0 Å². The number of fused-ring (bicyclic) bond motifs is 5. The molecule has 10 heteroatoms. The number of oxime groups is 1. The average molecular weight is 667 g/mol. The summed E-state index contributed by atoms with van der Waals surface area (Å²) in [5.41, 5.74) is 3.69. The predicted octanol–water partition coefficient (Wildman–Crippen LogP) is 7.41. The molecular weight excluding hydrogens is 634 g/mol. The number of esters is 1. The molecule has 1 heterocycles. The Bertz CT molecular complexity index is 1300. The van der Waals surface area contributed by atoms with Crippen LogP contribution in [0.1, 0.15) is 74.3 Å². The maximum atomic E-state index is 12.8. The third kappa shape index (κ3) is 5.08. The van der Waals surface area contributed by atoms with Crippen LogP contribution in [0.2, 0.25) is 0 Å². The van der Waals surface area contributed by atoms with Crippen molar-refractivity contribution in [2.45, 2.75) is 71.6 Å². The van der Waals surface area contributed by atoms with Gasteiger partial charge in [0, 0.05) is 29.8 Å².